The van der Waals surface area contributed by atoms with Gasteiger partial charge in [-0.15, -0.1) is 0 Å². The lowest BCUT2D eigenvalue weighted by molar-refractivity contribution is 0.242. The van der Waals surface area contributed by atoms with Gasteiger partial charge >= 0.3 is 0 Å². The molecule has 1 aromatic carbocycles. The van der Waals surface area contributed by atoms with Crippen LogP contribution >= 0.6 is 0 Å². The van der Waals surface area contributed by atoms with Gasteiger partial charge in [0.2, 0.25) is 0 Å². The van der Waals surface area contributed by atoms with Gasteiger partial charge in [0.25, 0.3) is 0 Å². The maximum Gasteiger partial charge on any atom is 0.193 e. The van der Waals surface area contributed by atoms with Crippen molar-refractivity contribution in [2.75, 3.05) is 5.32 Å². The van der Waals surface area contributed by atoms with Gasteiger partial charge in [0.1, 0.15) is 5.75 Å². The molecule has 5 nitrogen and oxygen atoms in total. The number of nitrogens with two attached hydrogens (primary N) is 1. The van der Waals surface area contributed by atoms with Crippen molar-refractivity contribution in [3.8, 4) is 5.75 Å². The zero-order chi connectivity index (χ0) is 15.9. The second-order valence-corrected chi connectivity index (χ2v) is 5.29. The average Bonchev–Trinajstić information content (AvgIpc) is 2.47. The highest BCUT2D eigenvalue weighted by atomic mass is 16.5. The van der Waals surface area contributed by atoms with Gasteiger partial charge in [-0.05, 0) is 57.2 Å². The van der Waals surface area contributed by atoms with E-state index in [0.717, 1.165) is 22.8 Å². The van der Waals surface area contributed by atoms with Gasteiger partial charge in [-0.3, -0.25) is 4.98 Å². The monoisotopic (exact) mass is 298 g/mol. The van der Waals surface area contributed by atoms with Crippen molar-refractivity contribution in [3.05, 3.63) is 53.9 Å². The third-order valence-corrected chi connectivity index (χ3v) is 2.86. The number of anilines is 1. The standard InChI is InChI=1S/C17H22N4O/c1-12(2)22-16-9-7-14(8-10-16)21-17(18)19-11-15-6-4-5-13(3)20-15/h4-10,12H,11H2,1-3H3,(H3,18,19,21). The third-order valence-electron chi connectivity index (χ3n) is 2.86. The van der Waals surface area contributed by atoms with Crippen molar-refractivity contribution in [1.29, 1.82) is 0 Å². The SMILES string of the molecule is Cc1cccc(CN=C(N)Nc2ccc(OC(C)C)cc2)n1. The minimum Gasteiger partial charge on any atom is -0.491 e. The molecule has 1 heterocycles. The van der Waals surface area contributed by atoms with E-state index in [1.165, 1.54) is 0 Å². The molecule has 0 aliphatic heterocycles. The van der Waals surface area contributed by atoms with Gasteiger partial charge in [-0.1, -0.05) is 6.07 Å². The fourth-order valence-electron chi connectivity index (χ4n) is 1.93. The number of hydrogen-bond acceptors (Lipinski definition) is 3. The molecule has 116 valence electrons. The molecule has 0 unspecified atom stereocenters. The van der Waals surface area contributed by atoms with Crippen LogP contribution in [0.4, 0.5) is 5.69 Å². The van der Waals surface area contributed by atoms with E-state index in [2.05, 4.69) is 15.3 Å². The Morgan fingerprint density at radius 2 is 1.95 bits per heavy atom. The molecule has 0 atom stereocenters. The zero-order valence-corrected chi connectivity index (χ0v) is 13.2. The van der Waals surface area contributed by atoms with E-state index in [0.29, 0.717) is 12.5 Å². The smallest absolute Gasteiger partial charge is 0.193 e. The van der Waals surface area contributed by atoms with Crippen molar-refractivity contribution < 1.29 is 4.74 Å². The molecular weight excluding hydrogens is 276 g/mol. The van der Waals surface area contributed by atoms with Crippen LogP contribution in [0.1, 0.15) is 25.2 Å². The number of aromatic nitrogens is 1. The molecule has 0 saturated heterocycles. The van der Waals surface area contributed by atoms with Gasteiger partial charge in [0.15, 0.2) is 5.96 Å². The maximum atomic E-state index is 5.89. The van der Waals surface area contributed by atoms with Crippen molar-refractivity contribution >= 4 is 11.6 Å². The van der Waals surface area contributed by atoms with Crippen LogP contribution in [-0.2, 0) is 6.54 Å². The molecule has 1 aromatic heterocycles. The number of hydrogen-bond donors (Lipinski definition) is 2. The first-order valence-electron chi connectivity index (χ1n) is 7.29. The molecule has 22 heavy (non-hydrogen) atoms. The molecule has 0 saturated carbocycles. The lowest BCUT2D eigenvalue weighted by Crippen LogP contribution is -2.22. The summed E-state index contributed by atoms with van der Waals surface area (Å²) in [5.41, 5.74) is 8.63. The highest BCUT2D eigenvalue weighted by Crippen LogP contribution is 2.16. The number of pyridine rings is 1. The number of rotatable bonds is 5. The van der Waals surface area contributed by atoms with Gasteiger partial charge in [-0.2, -0.15) is 0 Å². The summed E-state index contributed by atoms with van der Waals surface area (Å²) in [4.78, 5) is 8.68. The molecule has 0 fully saturated rings. The van der Waals surface area contributed by atoms with Gasteiger partial charge in [0.05, 0.1) is 18.3 Å². The predicted octanol–water partition coefficient (Wildman–Crippen LogP) is 3.10. The van der Waals surface area contributed by atoms with Crippen LogP contribution in [0.5, 0.6) is 5.75 Å². The fourth-order valence-corrected chi connectivity index (χ4v) is 1.93. The number of benzene rings is 1. The lowest BCUT2D eigenvalue weighted by Gasteiger charge is -2.10. The summed E-state index contributed by atoms with van der Waals surface area (Å²) < 4.78 is 5.59. The Bertz CT molecular complexity index is 635. The van der Waals surface area contributed by atoms with E-state index in [4.69, 9.17) is 10.5 Å². The molecule has 3 N–H and O–H groups in total. The molecule has 0 aliphatic rings. The van der Waals surface area contributed by atoms with Crippen LogP contribution in [0, 0.1) is 6.92 Å². The minimum atomic E-state index is 0.160. The van der Waals surface area contributed by atoms with Crippen molar-refractivity contribution in [2.45, 2.75) is 33.4 Å². The number of nitrogens with zero attached hydrogens (tertiary/aromatic N) is 2. The van der Waals surface area contributed by atoms with Crippen LogP contribution < -0.4 is 15.8 Å². The van der Waals surface area contributed by atoms with Crippen molar-refractivity contribution in [2.24, 2.45) is 10.7 Å². The van der Waals surface area contributed by atoms with Crippen LogP contribution in [0.25, 0.3) is 0 Å². The number of aliphatic imine (C=N–C) groups is 1. The van der Waals surface area contributed by atoms with Crippen molar-refractivity contribution in [1.82, 2.24) is 4.98 Å². The highest BCUT2D eigenvalue weighted by Gasteiger charge is 2.00. The highest BCUT2D eigenvalue weighted by molar-refractivity contribution is 5.92. The molecule has 2 aromatic rings. The second-order valence-electron chi connectivity index (χ2n) is 5.29. The molecule has 0 aliphatic carbocycles. The Labute approximate surface area is 131 Å². The second kappa shape index (κ2) is 7.45. The molecule has 0 bridgehead atoms. The molecule has 0 radical (unpaired) electrons. The summed E-state index contributed by atoms with van der Waals surface area (Å²) in [7, 11) is 0. The normalized spacial score (nSPS) is 11.5. The average molecular weight is 298 g/mol. The van der Waals surface area contributed by atoms with Crippen LogP contribution in [-0.4, -0.2) is 17.0 Å². The Morgan fingerprint density at radius 1 is 1.23 bits per heavy atom. The van der Waals surface area contributed by atoms with Gasteiger partial charge in [-0.25, -0.2) is 4.99 Å². The Hall–Kier alpha value is -2.56. The van der Waals surface area contributed by atoms with Crippen LogP contribution in [0.2, 0.25) is 0 Å². The molecular formula is C17H22N4O. The number of ether oxygens (including phenoxy) is 1. The number of aryl methyl sites for hydroxylation is 1. The minimum absolute atomic E-state index is 0.160. The largest absolute Gasteiger partial charge is 0.491 e. The van der Waals surface area contributed by atoms with Crippen LogP contribution in [0.15, 0.2) is 47.5 Å². The van der Waals surface area contributed by atoms with Crippen molar-refractivity contribution in [3.63, 3.8) is 0 Å². The number of guanidine groups is 1. The summed E-state index contributed by atoms with van der Waals surface area (Å²) in [6.45, 7) is 6.40. The quantitative estimate of drug-likeness (QED) is 0.657. The van der Waals surface area contributed by atoms with Gasteiger partial charge in [0, 0.05) is 11.4 Å². The van der Waals surface area contributed by atoms with E-state index in [1.54, 1.807) is 0 Å². The molecule has 5 heteroatoms. The lowest BCUT2D eigenvalue weighted by atomic mass is 10.3. The predicted molar refractivity (Wildman–Crippen MR) is 90.1 cm³/mol. The summed E-state index contributed by atoms with van der Waals surface area (Å²) in [6.07, 6.45) is 0.160. The molecule has 0 amide bonds. The van der Waals surface area contributed by atoms with E-state index in [9.17, 15) is 0 Å². The Morgan fingerprint density at radius 3 is 2.59 bits per heavy atom. The molecule has 0 spiro atoms. The van der Waals surface area contributed by atoms with E-state index in [1.807, 2.05) is 63.2 Å². The first-order chi connectivity index (χ1) is 10.5. The first kappa shape index (κ1) is 15.8. The number of nitrogens with one attached hydrogen (secondary N) is 1. The summed E-state index contributed by atoms with van der Waals surface area (Å²) in [6, 6.07) is 13.5. The van der Waals surface area contributed by atoms with E-state index >= 15 is 0 Å². The third kappa shape index (κ3) is 5.09. The fraction of sp³-hybridized carbons (Fsp3) is 0.294. The summed E-state index contributed by atoms with van der Waals surface area (Å²) >= 11 is 0. The first-order valence-corrected chi connectivity index (χ1v) is 7.29. The van der Waals surface area contributed by atoms with Crippen LogP contribution in [0.3, 0.4) is 0 Å². The van der Waals surface area contributed by atoms with Gasteiger partial charge < -0.3 is 15.8 Å². The topological polar surface area (TPSA) is 72.5 Å². The summed E-state index contributed by atoms with van der Waals surface area (Å²) in [5.74, 6) is 1.20. The zero-order valence-electron chi connectivity index (χ0n) is 13.2. The van der Waals surface area contributed by atoms with E-state index < -0.39 is 0 Å². The Balaban J connectivity index is 1.93. The Kier molecular flexibility index (Phi) is 5.36. The molecule has 2 rings (SSSR count). The maximum absolute atomic E-state index is 5.89. The van der Waals surface area contributed by atoms with E-state index in [-0.39, 0.29) is 6.10 Å². The summed E-state index contributed by atoms with van der Waals surface area (Å²) in [5, 5.41) is 3.05.